The molecule has 0 bridgehead atoms. The number of esters is 1. The van der Waals surface area contributed by atoms with Crippen LogP contribution in [-0.4, -0.2) is 18.7 Å². The normalized spacial score (nSPS) is 14.3. The molecule has 1 heterocycles. The summed E-state index contributed by atoms with van der Waals surface area (Å²) in [5.41, 5.74) is 13.8. The third-order valence-corrected chi connectivity index (χ3v) is 5.08. The number of rotatable bonds is 7. The van der Waals surface area contributed by atoms with Gasteiger partial charge >= 0.3 is 5.97 Å². The number of ether oxygens (including phenoxy) is 3. The van der Waals surface area contributed by atoms with E-state index in [2.05, 4.69) is 5.32 Å². The Balaban J connectivity index is 1.61. The molecule has 0 aromatic heterocycles. The van der Waals surface area contributed by atoms with Crippen LogP contribution >= 0.6 is 0 Å². The van der Waals surface area contributed by atoms with Crippen molar-refractivity contribution in [3.8, 4) is 11.5 Å². The second-order valence-electron chi connectivity index (χ2n) is 7.96. The summed E-state index contributed by atoms with van der Waals surface area (Å²) < 4.78 is 16.5. The lowest BCUT2D eigenvalue weighted by molar-refractivity contribution is -0.158. The number of nitrogens with two attached hydrogens (primary N) is 2. The Hall–Kier alpha value is -3.19. The first-order chi connectivity index (χ1) is 14.2. The van der Waals surface area contributed by atoms with Gasteiger partial charge in [-0.3, -0.25) is 0 Å². The van der Waals surface area contributed by atoms with Gasteiger partial charge in [-0.05, 0) is 69.0 Å². The van der Waals surface area contributed by atoms with Gasteiger partial charge in [0.1, 0.15) is 29.0 Å². The van der Waals surface area contributed by atoms with Crippen molar-refractivity contribution in [2.45, 2.75) is 45.3 Å². The van der Waals surface area contributed by atoms with Gasteiger partial charge in [-0.15, -0.1) is 0 Å². The Morgan fingerprint density at radius 1 is 1.20 bits per heavy atom. The Bertz CT molecular complexity index is 951. The highest BCUT2D eigenvalue weighted by atomic mass is 16.6. The molecule has 1 unspecified atom stereocenters. The fourth-order valence-electron chi connectivity index (χ4n) is 3.14. The molecule has 1 aliphatic heterocycles. The second kappa shape index (κ2) is 8.67. The van der Waals surface area contributed by atoms with Crippen LogP contribution in [0.5, 0.6) is 11.5 Å². The van der Waals surface area contributed by atoms with Gasteiger partial charge in [-0.1, -0.05) is 18.2 Å². The lowest BCUT2D eigenvalue weighted by Crippen LogP contribution is -2.34. The maximum Gasteiger partial charge on any atom is 0.328 e. The molecule has 5 N–H and O–H groups in total. The van der Waals surface area contributed by atoms with E-state index in [1.165, 1.54) is 0 Å². The van der Waals surface area contributed by atoms with Crippen molar-refractivity contribution in [1.29, 1.82) is 0 Å². The first-order valence-corrected chi connectivity index (χ1v) is 9.85. The van der Waals surface area contributed by atoms with Gasteiger partial charge in [0, 0.05) is 0 Å². The fourth-order valence-corrected chi connectivity index (χ4v) is 3.14. The van der Waals surface area contributed by atoms with Crippen LogP contribution in [0, 0.1) is 0 Å². The van der Waals surface area contributed by atoms with Crippen LogP contribution < -0.4 is 26.3 Å². The summed E-state index contributed by atoms with van der Waals surface area (Å²) in [4.78, 5) is 12.7. The molecule has 0 radical (unpaired) electrons. The lowest BCUT2D eigenvalue weighted by Gasteiger charge is -2.27. The molecule has 0 fully saturated rings. The highest BCUT2D eigenvalue weighted by Gasteiger charge is 2.28. The molecule has 1 atom stereocenters. The van der Waals surface area contributed by atoms with Crippen molar-refractivity contribution < 1.29 is 19.0 Å². The number of aryl methyl sites for hydroxylation is 1. The van der Waals surface area contributed by atoms with Gasteiger partial charge in [-0.25, -0.2) is 4.79 Å². The first kappa shape index (κ1) is 21.5. The van der Waals surface area contributed by atoms with E-state index in [9.17, 15) is 4.79 Å². The number of methoxy groups -OCH3 is 1. The van der Waals surface area contributed by atoms with Gasteiger partial charge in [-0.2, -0.15) is 0 Å². The number of hydrogen-bond donors (Lipinski definition) is 3. The Labute approximate surface area is 177 Å². The standard InChI is InChI=1S/C23H29N3O4/c1-14-21(25)26-18-13-16(7-10-19(18)29-14)20(24)22(27)30-23(2,3)12-11-15-5-8-17(28-4)9-6-15/h5-10,13,20,26H,11-12,24-25H2,1-4H3. The molecule has 3 rings (SSSR count). The summed E-state index contributed by atoms with van der Waals surface area (Å²) in [5, 5.41) is 3.05. The maximum absolute atomic E-state index is 12.7. The third kappa shape index (κ3) is 5.04. The molecule has 0 saturated heterocycles. The van der Waals surface area contributed by atoms with E-state index in [-0.39, 0.29) is 0 Å². The molecule has 7 nitrogen and oxygen atoms in total. The van der Waals surface area contributed by atoms with Gasteiger partial charge in [0.05, 0.1) is 12.8 Å². The van der Waals surface area contributed by atoms with Crippen molar-refractivity contribution in [2.75, 3.05) is 12.4 Å². The summed E-state index contributed by atoms with van der Waals surface area (Å²) in [6, 6.07) is 12.2. The number of benzene rings is 2. The molecule has 2 aromatic carbocycles. The summed E-state index contributed by atoms with van der Waals surface area (Å²) in [6.45, 7) is 5.55. The zero-order valence-electron chi connectivity index (χ0n) is 17.8. The smallest absolute Gasteiger partial charge is 0.328 e. The fraction of sp³-hybridized carbons (Fsp3) is 0.348. The molecule has 7 heteroatoms. The van der Waals surface area contributed by atoms with E-state index < -0.39 is 17.6 Å². The molecule has 0 amide bonds. The van der Waals surface area contributed by atoms with E-state index in [0.717, 1.165) is 17.7 Å². The number of hydrogen-bond acceptors (Lipinski definition) is 7. The van der Waals surface area contributed by atoms with Crippen LogP contribution in [0.3, 0.4) is 0 Å². The van der Waals surface area contributed by atoms with E-state index in [1.807, 2.05) is 38.1 Å². The van der Waals surface area contributed by atoms with Gasteiger partial charge in [0.25, 0.3) is 0 Å². The highest BCUT2D eigenvalue weighted by molar-refractivity contribution is 5.79. The van der Waals surface area contributed by atoms with Crippen LogP contribution in [0.4, 0.5) is 5.69 Å². The largest absolute Gasteiger partial charge is 0.497 e. The summed E-state index contributed by atoms with van der Waals surface area (Å²) >= 11 is 0. The minimum Gasteiger partial charge on any atom is -0.497 e. The minimum atomic E-state index is -0.911. The van der Waals surface area contributed by atoms with Gasteiger partial charge in [0.15, 0.2) is 5.75 Å². The lowest BCUT2D eigenvalue weighted by atomic mass is 9.98. The molecule has 160 valence electrons. The minimum absolute atomic E-state index is 0.426. The SMILES string of the molecule is COc1ccc(CCC(C)(C)OC(=O)C(N)c2ccc3c(c2)NC(N)=C(C)O3)cc1. The third-order valence-electron chi connectivity index (χ3n) is 5.08. The van der Waals surface area contributed by atoms with Crippen molar-refractivity contribution in [3.05, 3.63) is 65.2 Å². The predicted octanol–water partition coefficient (Wildman–Crippen LogP) is 3.60. The van der Waals surface area contributed by atoms with Crippen molar-refractivity contribution in [2.24, 2.45) is 11.5 Å². The second-order valence-corrected chi connectivity index (χ2v) is 7.96. The summed E-state index contributed by atoms with van der Waals surface area (Å²) in [7, 11) is 1.64. The molecule has 30 heavy (non-hydrogen) atoms. The topological polar surface area (TPSA) is 109 Å². The van der Waals surface area contributed by atoms with E-state index in [0.29, 0.717) is 35.0 Å². The number of carbonyl (C=O) groups is 1. The van der Waals surface area contributed by atoms with E-state index in [4.69, 9.17) is 25.7 Å². The van der Waals surface area contributed by atoms with Crippen molar-refractivity contribution >= 4 is 11.7 Å². The average molecular weight is 412 g/mol. The quantitative estimate of drug-likeness (QED) is 0.597. The van der Waals surface area contributed by atoms with Crippen LogP contribution in [0.15, 0.2) is 54.0 Å². The molecule has 0 spiro atoms. The number of anilines is 1. The summed E-state index contributed by atoms with van der Waals surface area (Å²) in [5.74, 6) is 1.98. The molecular weight excluding hydrogens is 382 g/mol. The first-order valence-electron chi connectivity index (χ1n) is 9.85. The predicted molar refractivity (Wildman–Crippen MR) is 116 cm³/mol. The number of allylic oxidation sites excluding steroid dienone is 1. The Morgan fingerprint density at radius 2 is 1.90 bits per heavy atom. The monoisotopic (exact) mass is 411 g/mol. The average Bonchev–Trinajstić information content (AvgIpc) is 2.72. The zero-order valence-corrected chi connectivity index (χ0v) is 17.8. The molecule has 0 aliphatic carbocycles. The van der Waals surface area contributed by atoms with Crippen LogP contribution in [0.1, 0.15) is 44.4 Å². The number of nitrogens with one attached hydrogen (secondary N) is 1. The number of fused-ring (bicyclic) bond motifs is 1. The Morgan fingerprint density at radius 3 is 2.57 bits per heavy atom. The number of carbonyl (C=O) groups excluding carboxylic acids is 1. The Kier molecular flexibility index (Phi) is 6.22. The van der Waals surface area contributed by atoms with E-state index in [1.54, 1.807) is 32.2 Å². The van der Waals surface area contributed by atoms with Gasteiger partial charge < -0.3 is 31.0 Å². The highest BCUT2D eigenvalue weighted by Crippen LogP contribution is 2.34. The van der Waals surface area contributed by atoms with Crippen LogP contribution in [-0.2, 0) is 16.0 Å². The zero-order chi connectivity index (χ0) is 21.9. The molecule has 0 saturated carbocycles. The van der Waals surface area contributed by atoms with Crippen LogP contribution in [0.2, 0.25) is 0 Å². The van der Waals surface area contributed by atoms with Crippen molar-refractivity contribution in [1.82, 2.24) is 0 Å². The molecule has 2 aromatic rings. The summed E-state index contributed by atoms with van der Waals surface area (Å²) in [6.07, 6.45) is 1.43. The van der Waals surface area contributed by atoms with Crippen molar-refractivity contribution in [3.63, 3.8) is 0 Å². The maximum atomic E-state index is 12.7. The molecular formula is C23H29N3O4. The molecule has 1 aliphatic rings. The van der Waals surface area contributed by atoms with Crippen LogP contribution in [0.25, 0.3) is 0 Å². The van der Waals surface area contributed by atoms with E-state index >= 15 is 0 Å². The van der Waals surface area contributed by atoms with Gasteiger partial charge in [0.2, 0.25) is 0 Å².